The zero-order valence-corrected chi connectivity index (χ0v) is 9.47. The number of hydrogen-bond acceptors (Lipinski definition) is 1. The summed E-state index contributed by atoms with van der Waals surface area (Å²) < 4.78 is 0. The quantitative estimate of drug-likeness (QED) is 0.706. The standard InChI is InChI=1S/C12H25N/c1-10(2)8-13-9-12-6-4-5-11(3)7-12/h10-13H,4-9H2,1-3H3. The molecule has 0 aromatic rings. The Hall–Kier alpha value is -0.0400. The molecule has 0 heterocycles. The van der Waals surface area contributed by atoms with E-state index >= 15 is 0 Å². The summed E-state index contributed by atoms with van der Waals surface area (Å²) in [6, 6.07) is 0. The van der Waals surface area contributed by atoms with Crippen LogP contribution < -0.4 is 5.32 Å². The zero-order chi connectivity index (χ0) is 9.68. The summed E-state index contributed by atoms with van der Waals surface area (Å²) >= 11 is 0. The third-order valence-electron chi connectivity index (χ3n) is 3.03. The lowest BCUT2D eigenvalue weighted by molar-refractivity contribution is 0.272. The van der Waals surface area contributed by atoms with Gasteiger partial charge in [-0.05, 0) is 43.7 Å². The van der Waals surface area contributed by atoms with Crippen LogP contribution in [0.2, 0.25) is 0 Å². The van der Waals surface area contributed by atoms with Gasteiger partial charge in [0.1, 0.15) is 0 Å². The fourth-order valence-corrected chi connectivity index (χ4v) is 2.32. The van der Waals surface area contributed by atoms with E-state index in [4.69, 9.17) is 0 Å². The molecule has 1 aliphatic rings. The maximum absolute atomic E-state index is 3.58. The summed E-state index contributed by atoms with van der Waals surface area (Å²) in [5, 5.41) is 3.58. The fourth-order valence-electron chi connectivity index (χ4n) is 2.32. The Bertz CT molecular complexity index is 131. The predicted octanol–water partition coefficient (Wildman–Crippen LogP) is 3.06. The van der Waals surface area contributed by atoms with Crippen LogP contribution in [0.5, 0.6) is 0 Å². The molecule has 1 rings (SSSR count). The van der Waals surface area contributed by atoms with Gasteiger partial charge in [0.15, 0.2) is 0 Å². The average molecular weight is 183 g/mol. The van der Waals surface area contributed by atoms with Gasteiger partial charge < -0.3 is 5.32 Å². The van der Waals surface area contributed by atoms with Crippen LogP contribution in [0.1, 0.15) is 46.5 Å². The highest BCUT2D eigenvalue weighted by Crippen LogP contribution is 2.27. The van der Waals surface area contributed by atoms with Crippen LogP contribution >= 0.6 is 0 Å². The topological polar surface area (TPSA) is 12.0 Å². The molecule has 1 saturated carbocycles. The molecule has 2 atom stereocenters. The van der Waals surface area contributed by atoms with Crippen molar-refractivity contribution >= 4 is 0 Å². The van der Waals surface area contributed by atoms with E-state index in [0.717, 1.165) is 17.8 Å². The Kier molecular flexibility index (Phi) is 4.79. The van der Waals surface area contributed by atoms with E-state index in [2.05, 4.69) is 26.1 Å². The van der Waals surface area contributed by atoms with Gasteiger partial charge in [-0.3, -0.25) is 0 Å². The second-order valence-corrected chi connectivity index (χ2v) is 5.19. The lowest BCUT2D eigenvalue weighted by Crippen LogP contribution is -2.29. The first-order valence-electron chi connectivity index (χ1n) is 5.89. The van der Waals surface area contributed by atoms with Gasteiger partial charge in [0.25, 0.3) is 0 Å². The lowest BCUT2D eigenvalue weighted by Gasteiger charge is -2.27. The van der Waals surface area contributed by atoms with E-state index in [9.17, 15) is 0 Å². The first kappa shape index (κ1) is 11.0. The van der Waals surface area contributed by atoms with Crippen LogP contribution in [-0.2, 0) is 0 Å². The summed E-state index contributed by atoms with van der Waals surface area (Å²) in [6.07, 6.45) is 5.82. The van der Waals surface area contributed by atoms with Crippen molar-refractivity contribution < 1.29 is 0 Å². The van der Waals surface area contributed by atoms with Crippen LogP contribution in [0.15, 0.2) is 0 Å². The van der Waals surface area contributed by atoms with Crippen molar-refractivity contribution in [3.63, 3.8) is 0 Å². The molecule has 0 bridgehead atoms. The van der Waals surface area contributed by atoms with Gasteiger partial charge in [0.05, 0.1) is 0 Å². The molecule has 0 saturated heterocycles. The Balaban J connectivity index is 2.06. The largest absolute Gasteiger partial charge is 0.316 e. The maximum atomic E-state index is 3.58. The molecule has 0 aromatic carbocycles. The van der Waals surface area contributed by atoms with E-state index < -0.39 is 0 Å². The SMILES string of the molecule is CC(C)CNCC1CCCC(C)C1. The third kappa shape index (κ3) is 4.66. The summed E-state index contributed by atoms with van der Waals surface area (Å²) in [4.78, 5) is 0. The highest BCUT2D eigenvalue weighted by Gasteiger charge is 2.17. The van der Waals surface area contributed by atoms with Crippen LogP contribution in [0.4, 0.5) is 0 Å². The zero-order valence-electron chi connectivity index (χ0n) is 9.47. The summed E-state index contributed by atoms with van der Waals surface area (Å²) in [5.74, 6) is 2.73. The minimum atomic E-state index is 0.793. The maximum Gasteiger partial charge on any atom is -0.00203 e. The normalized spacial score (nSPS) is 29.5. The van der Waals surface area contributed by atoms with E-state index in [0.29, 0.717) is 0 Å². The molecule has 1 heteroatoms. The van der Waals surface area contributed by atoms with Crippen molar-refractivity contribution in [2.24, 2.45) is 17.8 Å². The van der Waals surface area contributed by atoms with E-state index in [1.54, 1.807) is 0 Å². The Morgan fingerprint density at radius 3 is 2.69 bits per heavy atom. The van der Waals surface area contributed by atoms with Crippen LogP contribution in [0, 0.1) is 17.8 Å². The third-order valence-corrected chi connectivity index (χ3v) is 3.03. The Labute approximate surface area is 83.3 Å². The molecule has 1 nitrogen and oxygen atoms in total. The van der Waals surface area contributed by atoms with E-state index in [1.165, 1.54) is 38.8 Å². The molecular formula is C12H25N. The monoisotopic (exact) mass is 183 g/mol. The van der Waals surface area contributed by atoms with Gasteiger partial charge in [0.2, 0.25) is 0 Å². The van der Waals surface area contributed by atoms with Gasteiger partial charge in [-0.25, -0.2) is 0 Å². The molecule has 1 aliphatic carbocycles. The number of rotatable bonds is 4. The van der Waals surface area contributed by atoms with Crippen molar-refractivity contribution in [2.75, 3.05) is 13.1 Å². The van der Waals surface area contributed by atoms with Crippen molar-refractivity contribution in [3.05, 3.63) is 0 Å². The van der Waals surface area contributed by atoms with Crippen LogP contribution in [-0.4, -0.2) is 13.1 Å². The first-order chi connectivity index (χ1) is 6.18. The lowest BCUT2D eigenvalue weighted by atomic mass is 9.82. The number of hydrogen-bond donors (Lipinski definition) is 1. The molecule has 13 heavy (non-hydrogen) atoms. The summed E-state index contributed by atoms with van der Waals surface area (Å²) in [7, 11) is 0. The number of nitrogens with one attached hydrogen (secondary N) is 1. The van der Waals surface area contributed by atoms with Gasteiger partial charge in [-0.2, -0.15) is 0 Å². The van der Waals surface area contributed by atoms with E-state index in [-0.39, 0.29) is 0 Å². The minimum Gasteiger partial charge on any atom is -0.316 e. The second-order valence-electron chi connectivity index (χ2n) is 5.19. The smallest absolute Gasteiger partial charge is 0.00203 e. The van der Waals surface area contributed by atoms with Crippen LogP contribution in [0.3, 0.4) is 0 Å². The molecule has 2 unspecified atom stereocenters. The molecule has 0 aliphatic heterocycles. The van der Waals surface area contributed by atoms with Crippen molar-refractivity contribution in [1.82, 2.24) is 5.32 Å². The van der Waals surface area contributed by atoms with Crippen molar-refractivity contribution in [1.29, 1.82) is 0 Å². The summed E-state index contributed by atoms with van der Waals surface area (Å²) in [6.45, 7) is 9.38. The highest BCUT2D eigenvalue weighted by molar-refractivity contribution is 4.72. The Morgan fingerprint density at radius 1 is 1.31 bits per heavy atom. The van der Waals surface area contributed by atoms with Crippen molar-refractivity contribution in [3.8, 4) is 0 Å². The van der Waals surface area contributed by atoms with Crippen LogP contribution in [0.25, 0.3) is 0 Å². The minimum absolute atomic E-state index is 0.793. The summed E-state index contributed by atoms with van der Waals surface area (Å²) in [5.41, 5.74) is 0. The molecule has 1 fully saturated rings. The predicted molar refractivity (Wildman–Crippen MR) is 58.8 cm³/mol. The van der Waals surface area contributed by atoms with E-state index in [1.807, 2.05) is 0 Å². The second kappa shape index (κ2) is 5.64. The molecule has 0 amide bonds. The fraction of sp³-hybridized carbons (Fsp3) is 1.00. The molecule has 0 aromatic heterocycles. The molecule has 1 N–H and O–H groups in total. The van der Waals surface area contributed by atoms with Crippen molar-refractivity contribution in [2.45, 2.75) is 46.5 Å². The first-order valence-corrected chi connectivity index (χ1v) is 5.89. The van der Waals surface area contributed by atoms with Gasteiger partial charge in [-0.1, -0.05) is 33.6 Å². The molecule has 0 spiro atoms. The highest BCUT2D eigenvalue weighted by atomic mass is 14.9. The molecular weight excluding hydrogens is 158 g/mol. The van der Waals surface area contributed by atoms with Gasteiger partial charge in [-0.15, -0.1) is 0 Å². The Morgan fingerprint density at radius 2 is 2.08 bits per heavy atom. The average Bonchev–Trinajstić information content (AvgIpc) is 2.03. The van der Waals surface area contributed by atoms with Gasteiger partial charge >= 0.3 is 0 Å². The molecule has 78 valence electrons. The molecule has 0 radical (unpaired) electrons. The van der Waals surface area contributed by atoms with Gasteiger partial charge in [0, 0.05) is 0 Å².